The van der Waals surface area contributed by atoms with Crippen molar-refractivity contribution >= 4 is 5.97 Å². The Hall–Kier alpha value is -2.06. The largest absolute Gasteiger partial charge is 0.479 e. The molecule has 0 aliphatic rings. The fourth-order valence-electron chi connectivity index (χ4n) is 1.39. The van der Waals surface area contributed by atoms with Crippen LogP contribution in [0.15, 0.2) is 24.3 Å². The minimum atomic E-state index is -0.228. The molecule has 0 aliphatic carbocycles. The molecule has 1 rings (SSSR count). The Morgan fingerprint density at radius 2 is 2.33 bits per heavy atom. The summed E-state index contributed by atoms with van der Waals surface area (Å²) in [5, 5.41) is 11.5. The number of nitrogens with one attached hydrogen (secondary N) is 1. The third-order valence-electron chi connectivity index (χ3n) is 2.26. The van der Waals surface area contributed by atoms with Gasteiger partial charge in [0.15, 0.2) is 6.61 Å². The zero-order chi connectivity index (χ0) is 13.2. The normalized spacial score (nSPS) is 9.56. The van der Waals surface area contributed by atoms with Gasteiger partial charge in [0.2, 0.25) is 0 Å². The number of esters is 1. The van der Waals surface area contributed by atoms with E-state index >= 15 is 0 Å². The van der Waals surface area contributed by atoms with E-state index in [4.69, 9.17) is 10.00 Å². The van der Waals surface area contributed by atoms with Crippen LogP contribution in [0.3, 0.4) is 0 Å². The standard InChI is InChI=1S/C13H16N2O3/c1-17-13(16)5-7-15-10-11-3-2-4-12(9-11)18-8-6-14/h2-4,9,15H,5,7-8,10H2,1H3. The number of carbonyl (C=O) groups is 1. The minimum absolute atomic E-state index is 0.0409. The van der Waals surface area contributed by atoms with Crippen LogP contribution in [0.1, 0.15) is 12.0 Å². The number of benzene rings is 1. The lowest BCUT2D eigenvalue weighted by Crippen LogP contribution is -2.18. The second-order valence-corrected chi connectivity index (χ2v) is 3.60. The molecule has 0 fully saturated rings. The Kier molecular flexibility index (Phi) is 6.30. The first-order valence-electron chi connectivity index (χ1n) is 5.62. The van der Waals surface area contributed by atoms with Crippen molar-refractivity contribution in [2.75, 3.05) is 20.3 Å². The topological polar surface area (TPSA) is 71.3 Å². The van der Waals surface area contributed by atoms with Gasteiger partial charge < -0.3 is 14.8 Å². The third-order valence-corrected chi connectivity index (χ3v) is 2.26. The summed E-state index contributed by atoms with van der Waals surface area (Å²) in [6.07, 6.45) is 0.348. The fourth-order valence-corrected chi connectivity index (χ4v) is 1.39. The monoisotopic (exact) mass is 248 g/mol. The first-order chi connectivity index (χ1) is 8.76. The van der Waals surface area contributed by atoms with Crippen LogP contribution < -0.4 is 10.1 Å². The first kappa shape index (κ1) is 14.0. The fraction of sp³-hybridized carbons (Fsp3) is 0.385. The molecule has 0 saturated heterocycles. The van der Waals surface area contributed by atoms with Crippen LogP contribution in [0.25, 0.3) is 0 Å². The zero-order valence-electron chi connectivity index (χ0n) is 10.3. The molecule has 96 valence electrons. The second kappa shape index (κ2) is 8.09. The van der Waals surface area contributed by atoms with Crippen LogP contribution in [-0.2, 0) is 16.1 Å². The summed E-state index contributed by atoms with van der Waals surface area (Å²) in [5.74, 6) is 0.442. The van der Waals surface area contributed by atoms with Crippen molar-refractivity contribution in [3.8, 4) is 11.8 Å². The molecule has 0 radical (unpaired) electrons. The molecule has 0 spiro atoms. The summed E-state index contributed by atoms with van der Waals surface area (Å²) in [7, 11) is 1.37. The summed E-state index contributed by atoms with van der Waals surface area (Å²) in [4.78, 5) is 10.9. The summed E-state index contributed by atoms with van der Waals surface area (Å²) in [6.45, 7) is 1.25. The van der Waals surface area contributed by atoms with Crippen LogP contribution in [0.4, 0.5) is 0 Å². The molecule has 0 aromatic heterocycles. The van der Waals surface area contributed by atoms with Gasteiger partial charge in [-0.3, -0.25) is 4.79 Å². The van der Waals surface area contributed by atoms with E-state index in [0.717, 1.165) is 5.56 Å². The first-order valence-corrected chi connectivity index (χ1v) is 5.62. The average molecular weight is 248 g/mol. The van der Waals surface area contributed by atoms with Crippen LogP contribution in [-0.4, -0.2) is 26.2 Å². The molecule has 0 amide bonds. The minimum Gasteiger partial charge on any atom is -0.479 e. The van der Waals surface area contributed by atoms with Crippen molar-refractivity contribution in [2.24, 2.45) is 0 Å². The van der Waals surface area contributed by atoms with E-state index in [0.29, 0.717) is 25.3 Å². The van der Waals surface area contributed by atoms with Crippen molar-refractivity contribution in [1.29, 1.82) is 5.26 Å². The maximum absolute atomic E-state index is 10.9. The predicted molar refractivity (Wildman–Crippen MR) is 65.9 cm³/mol. The van der Waals surface area contributed by atoms with Gasteiger partial charge in [-0.05, 0) is 17.7 Å². The van der Waals surface area contributed by atoms with Crippen molar-refractivity contribution < 1.29 is 14.3 Å². The third kappa shape index (κ3) is 5.32. The maximum Gasteiger partial charge on any atom is 0.306 e. The number of carbonyl (C=O) groups excluding carboxylic acids is 1. The van der Waals surface area contributed by atoms with Gasteiger partial charge in [-0.1, -0.05) is 12.1 Å². The Bertz CT molecular complexity index is 426. The van der Waals surface area contributed by atoms with E-state index in [1.54, 1.807) is 6.07 Å². The molecule has 1 N–H and O–H groups in total. The number of ether oxygens (including phenoxy) is 2. The van der Waals surface area contributed by atoms with E-state index in [1.165, 1.54) is 7.11 Å². The molecule has 0 aliphatic heterocycles. The van der Waals surface area contributed by atoms with Gasteiger partial charge in [-0.2, -0.15) is 5.26 Å². The van der Waals surface area contributed by atoms with Crippen LogP contribution in [0.5, 0.6) is 5.75 Å². The highest BCUT2D eigenvalue weighted by Gasteiger charge is 2.00. The number of nitriles is 1. The summed E-state index contributed by atoms with van der Waals surface area (Å²) in [6, 6.07) is 9.40. The number of hydrogen-bond acceptors (Lipinski definition) is 5. The SMILES string of the molecule is COC(=O)CCNCc1cccc(OCC#N)c1. The summed E-state index contributed by atoms with van der Waals surface area (Å²) >= 11 is 0. The average Bonchev–Trinajstić information content (AvgIpc) is 2.41. The van der Waals surface area contributed by atoms with E-state index in [1.807, 2.05) is 24.3 Å². The van der Waals surface area contributed by atoms with Crippen molar-refractivity contribution in [1.82, 2.24) is 5.32 Å². The van der Waals surface area contributed by atoms with E-state index in [-0.39, 0.29) is 12.6 Å². The van der Waals surface area contributed by atoms with Gasteiger partial charge in [0.25, 0.3) is 0 Å². The molecule has 0 saturated carbocycles. The molecular weight excluding hydrogens is 232 g/mol. The predicted octanol–water partition coefficient (Wildman–Crippen LogP) is 1.24. The second-order valence-electron chi connectivity index (χ2n) is 3.60. The Morgan fingerprint density at radius 1 is 1.50 bits per heavy atom. The number of rotatable bonds is 7. The van der Waals surface area contributed by atoms with Crippen LogP contribution >= 0.6 is 0 Å². The van der Waals surface area contributed by atoms with Gasteiger partial charge in [-0.25, -0.2) is 0 Å². The van der Waals surface area contributed by atoms with Gasteiger partial charge >= 0.3 is 5.97 Å². The number of methoxy groups -OCH3 is 1. The lowest BCUT2D eigenvalue weighted by atomic mass is 10.2. The number of hydrogen-bond donors (Lipinski definition) is 1. The van der Waals surface area contributed by atoms with Gasteiger partial charge in [0, 0.05) is 13.1 Å². The molecule has 0 bridgehead atoms. The molecule has 0 atom stereocenters. The van der Waals surface area contributed by atoms with Crippen LogP contribution in [0.2, 0.25) is 0 Å². The molecule has 18 heavy (non-hydrogen) atoms. The smallest absolute Gasteiger partial charge is 0.306 e. The van der Waals surface area contributed by atoms with Crippen molar-refractivity contribution in [3.63, 3.8) is 0 Å². The Labute approximate surface area is 106 Å². The molecule has 5 heteroatoms. The quantitative estimate of drug-likeness (QED) is 0.580. The number of nitrogens with zero attached hydrogens (tertiary/aromatic N) is 1. The van der Waals surface area contributed by atoms with E-state index < -0.39 is 0 Å². The van der Waals surface area contributed by atoms with Gasteiger partial charge in [-0.15, -0.1) is 0 Å². The zero-order valence-corrected chi connectivity index (χ0v) is 10.3. The highest BCUT2D eigenvalue weighted by Crippen LogP contribution is 2.12. The van der Waals surface area contributed by atoms with Gasteiger partial charge in [0.1, 0.15) is 11.8 Å². The summed E-state index contributed by atoms with van der Waals surface area (Å²) < 4.78 is 9.73. The molecule has 1 aromatic rings. The molecule has 0 unspecified atom stereocenters. The lowest BCUT2D eigenvalue weighted by molar-refractivity contribution is -0.140. The lowest BCUT2D eigenvalue weighted by Gasteiger charge is -2.06. The molecular formula is C13H16N2O3. The Morgan fingerprint density at radius 3 is 3.06 bits per heavy atom. The van der Waals surface area contributed by atoms with Gasteiger partial charge in [0.05, 0.1) is 13.5 Å². The van der Waals surface area contributed by atoms with Crippen molar-refractivity contribution in [2.45, 2.75) is 13.0 Å². The highest BCUT2D eigenvalue weighted by molar-refractivity contribution is 5.69. The van der Waals surface area contributed by atoms with E-state index in [2.05, 4.69) is 10.1 Å². The van der Waals surface area contributed by atoms with Crippen molar-refractivity contribution in [3.05, 3.63) is 29.8 Å². The Balaban J connectivity index is 2.33. The highest BCUT2D eigenvalue weighted by atomic mass is 16.5. The van der Waals surface area contributed by atoms with Crippen LogP contribution in [0, 0.1) is 11.3 Å². The summed E-state index contributed by atoms with van der Waals surface area (Å²) in [5.41, 5.74) is 1.04. The maximum atomic E-state index is 10.9. The molecule has 5 nitrogen and oxygen atoms in total. The molecule has 0 heterocycles. The molecule has 1 aromatic carbocycles. The van der Waals surface area contributed by atoms with E-state index in [9.17, 15) is 4.79 Å².